The molecular formula is C21H24N2O5. The summed E-state index contributed by atoms with van der Waals surface area (Å²) < 4.78 is 15.8. The third-order valence-corrected chi connectivity index (χ3v) is 4.64. The lowest BCUT2D eigenvalue weighted by Crippen LogP contribution is -2.54. The maximum absolute atomic E-state index is 12.9. The van der Waals surface area contributed by atoms with Crippen LogP contribution in [0, 0.1) is 6.92 Å². The van der Waals surface area contributed by atoms with Crippen LogP contribution >= 0.6 is 0 Å². The zero-order chi connectivity index (χ0) is 20.1. The molecule has 1 saturated heterocycles. The third-order valence-electron chi connectivity index (χ3n) is 4.64. The second kappa shape index (κ2) is 8.75. The van der Waals surface area contributed by atoms with E-state index in [1.807, 2.05) is 31.2 Å². The maximum Gasteiger partial charge on any atom is 0.249 e. The summed E-state index contributed by atoms with van der Waals surface area (Å²) >= 11 is 0. The van der Waals surface area contributed by atoms with Crippen LogP contribution in [0.5, 0.6) is 11.5 Å². The van der Waals surface area contributed by atoms with Gasteiger partial charge in [-0.2, -0.15) is 0 Å². The van der Waals surface area contributed by atoms with E-state index in [2.05, 4.69) is 5.32 Å². The Bertz CT molecular complexity index is 850. The molecule has 3 rings (SSSR count). The molecule has 2 aromatic rings. The molecular weight excluding hydrogens is 360 g/mol. The Balaban J connectivity index is 1.78. The highest BCUT2D eigenvalue weighted by Crippen LogP contribution is 2.29. The maximum atomic E-state index is 12.9. The Kier molecular flexibility index (Phi) is 6.16. The van der Waals surface area contributed by atoms with E-state index >= 15 is 0 Å². The number of hydrogen-bond acceptors (Lipinski definition) is 5. The van der Waals surface area contributed by atoms with Crippen LogP contribution in [0.2, 0.25) is 0 Å². The molecule has 7 heteroatoms. The second-order valence-corrected chi connectivity index (χ2v) is 6.59. The van der Waals surface area contributed by atoms with E-state index in [9.17, 15) is 9.59 Å². The number of nitrogens with one attached hydrogen (secondary N) is 1. The number of rotatable bonds is 6. The molecule has 0 saturated carbocycles. The number of benzene rings is 2. The van der Waals surface area contributed by atoms with Crippen LogP contribution in [0.15, 0.2) is 42.5 Å². The van der Waals surface area contributed by atoms with Gasteiger partial charge in [-0.3, -0.25) is 9.59 Å². The summed E-state index contributed by atoms with van der Waals surface area (Å²) in [6, 6.07) is 12.3. The van der Waals surface area contributed by atoms with Crippen LogP contribution < -0.4 is 14.8 Å². The summed E-state index contributed by atoms with van der Waals surface area (Å²) in [6.45, 7) is 2.46. The van der Waals surface area contributed by atoms with E-state index in [-0.39, 0.29) is 25.0 Å². The van der Waals surface area contributed by atoms with Crippen LogP contribution in [-0.4, -0.2) is 50.2 Å². The molecule has 1 atom stereocenters. The molecule has 0 bridgehead atoms. The Morgan fingerprint density at radius 3 is 2.61 bits per heavy atom. The number of aryl methyl sites for hydroxylation is 1. The number of ether oxygens (including phenoxy) is 3. The fourth-order valence-corrected chi connectivity index (χ4v) is 3.03. The SMILES string of the molecule is COc1ccc(NC(=O)C2COCC(=O)N2Cc2ccc(C)cc2)c(OC)c1. The standard InChI is InChI=1S/C21H24N2O5/c1-14-4-6-15(7-5-14)11-23-18(12-28-13-20(23)24)21(25)22-17-9-8-16(26-2)10-19(17)27-3/h4-10,18H,11-13H2,1-3H3,(H,22,25). The lowest BCUT2D eigenvalue weighted by molar-refractivity contribution is -0.154. The molecule has 7 nitrogen and oxygen atoms in total. The minimum Gasteiger partial charge on any atom is -0.497 e. The van der Waals surface area contributed by atoms with Crippen molar-refractivity contribution in [3.05, 3.63) is 53.6 Å². The highest BCUT2D eigenvalue weighted by Gasteiger charge is 2.34. The third kappa shape index (κ3) is 4.43. The molecule has 1 aliphatic heterocycles. The Labute approximate surface area is 164 Å². The summed E-state index contributed by atoms with van der Waals surface area (Å²) in [4.78, 5) is 26.9. The van der Waals surface area contributed by atoms with E-state index < -0.39 is 6.04 Å². The van der Waals surface area contributed by atoms with Gasteiger partial charge in [0.1, 0.15) is 24.1 Å². The van der Waals surface area contributed by atoms with Crippen LogP contribution in [-0.2, 0) is 20.9 Å². The first-order valence-electron chi connectivity index (χ1n) is 8.97. The summed E-state index contributed by atoms with van der Waals surface area (Å²) in [7, 11) is 3.07. The van der Waals surface area contributed by atoms with Crippen LogP contribution in [0.25, 0.3) is 0 Å². The number of carbonyl (C=O) groups is 2. The van der Waals surface area contributed by atoms with Gasteiger partial charge in [-0.25, -0.2) is 0 Å². The van der Waals surface area contributed by atoms with Crippen molar-refractivity contribution < 1.29 is 23.8 Å². The summed E-state index contributed by atoms with van der Waals surface area (Å²) in [5, 5.41) is 2.83. The molecule has 0 radical (unpaired) electrons. The van der Waals surface area contributed by atoms with Crippen LogP contribution in [0.4, 0.5) is 5.69 Å². The number of nitrogens with zero attached hydrogens (tertiary/aromatic N) is 1. The zero-order valence-corrected chi connectivity index (χ0v) is 16.2. The molecule has 0 spiro atoms. The van der Waals surface area contributed by atoms with Crippen molar-refractivity contribution in [1.82, 2.24) is 4.90 Å². The van der Waals surface area contributed by atoms with Gasteiger partial charge in [0.15, 0.2) is 0 Å². The van der Waals surface area contributed by atoms with Gasteiger partial charge in [0.05, 0.1) is 26.5 Å². The lowest BCUT2D eigenvalue weighted by atomic mass is 10.1. The predicted molar refractivity (Wildman–Crippen MR) is 105 cm³/mol. The fourth-order valence-electron chi connectivity index (χ4n) is 3.03. The van der Waals surface area contributed by atoms with Gasteiger partial charge in [-0.1, -0.05) is 29.8 Å². The zero-order valence-electron chi connectivity index (χ0n) is 16.2. The largest absolute Gasteiger partial charge is 0.497 e. The first-order valence-corrected chi connectivity index (χ1v) is 8.97. The Morgan fingerprint density at radius 2 is 1.93 bits per heavy atom. The van der Waals surface area contributed by atoms with Crippen LogP contribution in [0.3, 0.4) is 0 Å². The van der Waals surface area contributed by atoms with Gasteiger partial charge in [-0.15, -0.1) is 0 Å². The number of amides is 2. The van der Waals surface area contributed by atoms with Crippen LogP contribution in [0.1, 0.15) is 11.1 Å². The second-order valence-electron chi connectivity index (χ2n) is 6.59. The molecule has 1 unspecified atom stereocenters. The van der Waals surface area contributed by atoms with E-state index in [0.29, 0.717) is 23.7 Å². The number of carbonyl (C=O) groups excluding carboxylic acids is 2. The van der Waals surface area contributed by atoms with E-state index in [1.54, 1.807) is 30.2 Å². The average Bonchev–Trinajstić information content (AvgIpc) is 2.71. The molecule has 28 heavy (non-hydrogen) atoms. The molecule has 148 valence electrons. The number of methoxy groups -OCH3 is 2. The minimum absolute atomic E-state index is 0.0263. The normalized spacial score (nSPS) is 16.6. The van der Waals surface area contributed by atoms with Crippen molar-refractivity contribution in [2.24, 2.45) is 0 Å². The van der Waals surface area contributed by atoms with Gasteiger partial charge < -0.3 is 24.4 Å². The highest BCUT2D eigenvalue weighted by atomic mass is 16.5. The van der Waals surface area contributed by atoms with E-state index in [4.69, 9.17) is 14.2 Å². The van der Waals surface area contributed by atoms with E-state index in [0.717, 1.165) is 11.1 Å². The Morgan fingerprint density at radius 1 is 1.18 bits per heavy atom. The molecule has 2 aromatic carbocycles. The van der Waals surface area contributed by atoms with Crippen molar-refractivity contribution in [3.8, 4) is 11.5 Å². The van der Waals surface area contributed by atoms with Crippen molar-refractivity contribution in [3.63, 3.8) is 0 Å². The smallest absolute Gasteiger partial charge is 0.249 e. The van der Waals surface area contributed by atoms with Gasteiger partial charge >= 0.3 is 0 Å². The first kappa shape index (κ1) is 19.7. The number of morpholine rings is 1. The Hall–Kier alpha value is -3.06. The van der Waals surface area contributed by atoms with Gasteiger partial charge in [0, 0.05) is 12.6 Å². The molecule has 0 aromatic heterocycles. The average molecular weight is 384 g/mol. The van der Waals surface area contributed by atoms with Gasteiger partial charge in [-0.05, 0) is 24.6 Å². The van der Waals surface area contributed by atoms with Crippen molar-refractivity contribution in [2.45, 2.75) is 19.5 Å². The highest BCUT2D eigenvalue weighted by molar-refractivity contribution is 5.99. The van der Waals surface area contributed by atoms with E-state index in [1.165, 1.54) is 7.11 Å². The summed E-state index contributed by atoms with van der Waals surface area (Å²) in [6.07, 6.45) is 0. The number of anilines is 1. The first-order chi connectivity index (χ1) is 13.5. The number of hydrogen-bond donors (Lipinski definition) is 1. The summed E-state index contributed by atoms with van der Waals surface area (Å²) in [5.41, 5.74) is 2.60. The van der Waals surface area contributed by atoms with Gasteiger partial charge in [0.25, 0.3) is 0 Å². The van der Waals surface area contributed by atoms with Crippen molar-refractivity contribution in [2.75, 3.05) is 32.8 Å². The quantitative estimate of drug-likeness (QED) is 0.828. The summed E-state index contributed by atoms with van der Waals surface area (Å²) in [5.74, 6) is 0.546. The molecule has 1 aliphatic rings. The molecule has 1 N–H and O–H groups in total. The predicted octanol–water partition coefficient (Wildman–Crippen LogP) is 2.38. The van der Waals surface area contributed by atoms with Gasteiger partial charge in [0.2, 0.25) is 11.8 Å². The van der Waals surface area contributed by atoms with Crippen molar-refractivity contribution >= 4 is 17.5 Å². The monoisotopic (exact) mass is 384 g/mol. The molecule has 1 heterocycles. The molecule has 1 fully saturated rings. The topological polar surface area (TPSA) is 77.1 Å². The lowest BCUT2D eigenvalue weighted by Gasteiger charge is -2.34. The fraction of sp³-hybridized carbons (Fsp3) is 0.333. The minimum atomic E-state index is -0.727. The molecule has 2 amide bonds. The molecule has 0 aliphatic carbocycles. The van der Waals surface area contributed by atoms with Crippen molar-refractivity contribution in [1.29, 1.82) is 0 Å².